The van der Waals surface area contributed by atoms with Crippen LogP contribution in [0, 0.1) is 5.92 Å². The quantitative estimate of drug-likeness (QED) is 0.723. The number of hydrogen-bond acceptors (Lipinski definition) is 3. The fourth-order valence-corrected chi connectivity index (χ4v) is 1.92. The Hall–Kier alpha value is -1.38. The molecule has 2 atom stereocenters. The van der Waals surface area contributed by atoms with Gasteiger partial charge in [-0.15, -0.1) is 0 Å². The molecular formula is C11H12N2O. The zero-order chi connectivity index (χ0) is 9.38. The van der Waals surface area contributed by atoms with Gasteiger partial charge < -0.3 is 4.74 Å². The van der Waals surface area contributed by atoms with Crippen molar-refractivity contribution in [2.45, 2.75) is 18.9 Å². The van der Waals surface area contributed by atoms with Crippen LogP contribution in [0.15, 0.2) is 29.5 Å². The molecule has 3 heteroatoms. The molecule has 2 heterocycles. The number of aromatic nitrogens is 1. The first kappa shape index (κ1) is 7.97. The summed E-state index contributed by atoms with van der Waals surface area (Å²) in [5, 5.41) is 0. The first-order valence-electron chi connectivity index (χ1n) is 5.01. The molecule has 0 radical (unpaired) electrons. The molecule has 0 saturated heterocycles. The van der Waals surface area contributed by atoms with Crippen molar-refractivity contribution in [3.63, 3.8) is 0 Å². The maximum Gasteiger partial charge on any atom is 0.137 e. The summed E-state index contributed by atoms with van der Waals surface area (Å²) in [4.78, 5) is 8.54. The lowest BCUT2D eigenvalue weighted by molar-refractivity contribution is 0.283. The minimum Gasteiger partial charge on any atom is -0.490 e. The van der Waals surface area contributed by atoms with Crippen molar-refractivity contribution in [3.05, 3.63) is 24.5 Å². The van der Waals surface area contributed by atoms with Crippen LogP contribution in [0.5, 0.6) is 5.75 Å². The molecule has 1 aliphatic heterocycles. The lowest BCUT2D eigenvalue weighted by Crippen LogP contribution is -2.14. The Labute approximate surface area is 82.8 Å². The fourth-order valence-electron chi connectivity index (χ4n) is 1.92. The van der Waals surface area contributed by atoms with Crippen molar-refractivity contribution in [2.75, 3.05) is 6.61 Å². The molecule has 0 amide bonds. The van der Waals surface area contributed by atoms with Gasteiger partial charge in [0.15, 0.2) is 0 Å². The number of rotatable bonds is 3. The van der Waals surface area contributed by atoms with E-state index in [1.165, 1.54) is 18.6 Å². The molecule has 2 aliphatic rings. The first-order chi connectivity index (χ1) is 6.92. The van der Waals surface area contributed by atoms with E-state index in [0.29, 0.717) is 12.6 Å². The minimum atomic E-state index is 0.393. The van der Waals surface area contributed by atoms with E-state index in [2.05, 4.69) is 9.98 Å². The van der Waals surface area contributed by atoms with Gasteiger partial charge in [0.05, 0.1) is 12.2 Å². The smallest absolute Gasteiger partial charge is 0.137 e. The molecule has 1 aromatic rings. The Morgan fingerprint density at radius 3 is 3.21 bits per heavy atom. The zero-order valence-electron chi connectivity index (χ0n) is 7.89. The van der Waals surface area contributed by atoms with Crippen LogP contribution < -0.4 is 4.74 Å². The van der Waals surface area contributed by atoms with Crippen LogP contribution in [0.4, 0.5) is 0 Å². The largest absolute Gasteiger partial charge is 0.490 e. The molecule has 1 aliphatic carbocycles. The molecule has 3 rings (SSSR count). The third-order valence-electron chi connectivity index (χ3n) is 2.75. The molecule has 0 bridgehead atoms. The Morgan fingerprint density at radius 2 is 2.50 bits per heavy atom. The topological polar surface area (TPSA) is 34.5 Å². The van der Waals surface area contributed by atoms with Gasteiger partial charge in [0.2, 0.25) is 0 Å². The van der Waals surface area contributed by atoms with Gasteiger partial charge in [-0.25, -0.2) is 0 Å². The summed E-state index contributed by atoms with van der Waals surface area (Å²) >= 11 is 0. The number of pyridine rings is 1. The number of aliphatic imine (C=N–C) groups is 1. The van der Waals surface area contributed by atoms with Crippen LogP contribution in [0.1, 0.15) is 12.8 Å². The van der Waals surface area contributed by atoms with Gasteiger partial charge in [-0.05, 0) is 25.0 Å². The van der Waals surface area contributed by atoms with Crippen LogP contribution in [0.25, 0.3) is 0 Å². The summed E-state index contributed by atoms with van der Waals surface area (Å²) in [7, 11) is 0. The van der Waals surface area contributed by atoms with Gasteiger partial charge in [-0.3, -0.25) is 9.98 Å². The average molecular weight is 188 g/mol. The van der Waals surface area contributed by atoms with Crippen molar-refractivity contribution in [1.29, 1.82) is 0 Å². The van der Waals surface area contributed by atoms with E-state index < -0.39 is 0 Å². The Kier molecular flexibility index (Phi) is 1.76. The van der Waals surface area contributed by atoms with Crippen LogP contribution in [-0.4, -0.2) is 23.3 Å². The second-order valence-corrected chi connectivity index (χ2v) is 3.91. The van der Waals surface area contributed by atoms with Gasteiger partial charge in [0.25, 0.3) is 0 Å². The standard InChI is InChI=1S/C11H12N2O/c1-2-10(6-12-3-1)14-7-9-4-8-5-11(8)13-9/h1-3,6,8-9H,4-5,7H2. The van der Waals surface area contributed by atoms with Crippen molar-refractivity contribution >= 4 is 5.71 Å². The molecule has 72 valence electrons. The molecule has 1 saturated carbocycles. The zero-order valence-corrected chi connectivity index (χ0v) is 7.89. The highest BCUT2D eigenvalue weighted by Crippen LogP contribution is 2.38. The number of ether oxygens (including phenoxy) is 1. The van der Waals surface area contributed by atoms with E-state index in [9.17, 15) is 0 Å². The third-order valence-corrected chi connectivity index (χ3v) is 2.75. The SMILES string of the molecule is c1cncc(OCC2CC3CC3=N2)c1. The van der Waals surface area contributed by atoms with E-state index in [0.717, 1.165) is 11.7 Å². The Balaban J connectivity index is 1.55. The number of hydrogen-bond donors (Lipinski definition) is 0. The van der Waals surface area contributed by atoms with Crippen LogP contribution in [-0.2, 0) is 0 Å². The van der Waals surface area contributed by atoms with E-state index >= 15 is 0 Å². The monoisotopic (exact) mass is 188 g/mol. The van der Waals surface area contributed by atoms with Gasteiger partial charge >= 0.3 is 0 Å². The van der Waals surface area contributed by atoms with E-state index in [1.807, 2.05) is 12.1 Å². The van der Waals surface area contributed by atoms with Crippen LogP contribution >= 0.6 is 0 Å². The first-order valence-corrected chi connectivity index (χ1v) is 5.01. The molecule has 0 aromatic carbocycles. The maximum absolute atomic E-state index is 5.59. The summed E-state index contributed by atoms with van der Waals surface area (Å²) in [5.41, 5.74) is 1.41. The van der Waals surface area contributed by atoms with Crippen molar-refractivity contribution in [2.24, 2.45) is 10.9 Å². The van der Waals surface area contributed by atoms with E-state index in [1.54, 1.807) is 12.4 Å². The van der Waals surface area contributed by atoms with Crippen molar-refractivity contribution in [3.8, 4) is 5.75 Å². The predicted molar refractivity (Wildman–Crippen MR) is 53.7 cm³/mol. The number of nitrogens with zero attached hydrogens (tertiary/aromatic N) is 2. The molecule has 3 nitrogen and oxygen atoms in total. The summed E-state index contributed by atoms with van der Waals surface area (Å²) in [5.74, 6) is 1.64. The predicted octanol–water partition coefficient (Wildman–Crippen LogP) is 1.69. The molecule has 0 N–H and O–H groups in total. The lowest BCUT2D eigenvalue weighted by atomic mass is 10.2. The molecule has 2 unspecified atom stereocenters. The third kappa shape index (κ3) is 1.50. The van der Waals surface area contributed by atoms with Crippen LogP contribution in [0.2, 0.25) is 0 Å². The summed E-state index contributed by atoms with van der Waals surface area (Å²) in [6, 6.07) is 4.20. The van der Waals surface area contributed by atoms with Gasteiger partial charge in [0, 0.05) is 17.8 Å². The van der Waals surface area contributed by atoms with E-state index in [4.69, 9.17) is 4.74 Å². The normalized spacial score (nSPS) is 28.1. The van der Waals surface area contributed by atoms with E-state index in [-0.39, 0.29) is 0 Å². The summed E-state index contributed by atoms with van der Waals surface area (Å²) < 4.78 is 5.59. The lowest BCUT2D eigenvalue weighted by Gasteiger charge is -2.10. The van der Waals surface area contributed by atoms with Gasteiger partial charge in [0.1, 0.15) is 12.4 Å². The fraction of sp³-hybridized carbons (Fsp3) is 0.455. The summed E-state index contributed by atoms with van der Waals surface area (Å²) in [6.07, 6.45) is 5.92. The average Bonchev–Trinajstić information content (AvgIpc) is 2.85. The minimum absolute atomic E-state index is 0.393. The Morgan fingerprint density at radius 1 is 1.50 bits per heavy atom. The molecule has 1 fully saturated rings. The molecule has 14 heavy (non-hydrogen) atoms. The highest BCUT2D eigenvalue weighted by Gasteiger charge is 2.39. The molecule has 1 aromatic heterocycles. The second-order valence-electron chi connectivity index (χ2n) is 3.91. The van der Waals surface area contributed by atoms with Crippen molar-refractivity contribution < 1.29 is 4.74 Å². The summed E-state index contributed by atoms with van der Waals surface area (Å²) in [6.45, 7) is 0.700. The highest BCUT2D eigenvalue weighted by molar-refractivity contribution is 6.02. The number of fused-ring (bicyclic) bond motifs is 1. The van der Waals surface area contributed by atoms with Crippen LogP contribution in [0.3, 0.4) is 0 Å². The second kappa shape index (κ2) is 3.08. The Bertz CT molecular complexity index is 361. The van der Waals surface area contributed by atoms with Gasteiger partial charge in [-0.2, -0.15) is 0 Å². The highest BCUT2D eigenvalue weighted by atomic mass is 16.5. The molecular weight excluding hydrogens is 176 g/mol. The van der Waals surface area contributed by atoms with Gasteiger partial charge in [-0.1, -0.05) is 0 Å². The molecule has 0 spiro atoms. The maximum atomic E-state index is 5.59. The van der Waals surface area contributed by atoms with Crippen molar-refractivity contribution in [1.82, 2.24) is 4.98 Å².